The Morgan fingerprint density at radius 1 is 1.32 bits per heavy atom. The Labute approximate surface area is 148 Å². The van der Waals surface area contributed by atoms with Crippen LogP contribution in [0.2, 0.25) is 0 Å². The maximum absolute atomic E-state index is 12.3. The average Bonchev–Trinajstić information content (AvgIpc) is 3.17. The SMILES string of the molecule is COc1ccc(CC(=O)Nc2ccsc2-c2nc(C3CC3)no2)cc1. The number of aromatic nitrogens is 2. The van der Waals surface area contributed by atoms with Gasteiger partial charge < -0.3 is 14.6 Å². The molecule has 1 aliphatic carbocycles. The van der Waals surface area contributed by atoms with Crippen molar-refractivity contribution in [2.45, 2.75) is 25.2 Å². The third-order valence-corrected chi connectivity index (χ3v) is 4.94. The number of rotatable bonds is 6. The molecule has 0 saturated heterocycles. The Bertz CT molecular complexity index is 881. The summed E-state index contributed by atoms with van der Waals surface area (Å²) in [7, 11) is 1.62. The first kappa shape index (κ1) is 15.8. The molecule has 128 valence electrons. The molecule has 4 rings (SSSR count). The topological polar surface area (TPSA) is 77.2 Å². The summed E-state index contributed by atoms with van der Waals surface area (Å²) in [5.74, 6) is 2.35. The summed E-state index contributed by atoms with van der Waals surface area (Å²) in [6.45, 7) is 0. The molecule has 1 aliphatic rings. The zero-order chi connectivity index (χ0) is 17.2. The van der Waals surface area contributed by atoms with Crippen molar-refractivity contribution < 1.29 is 14.1 Å². The fraction of sp³-hybridized carbons (Fsp3) is 0.278. The lowest BCUT2D eigenvalue weighted by Crippen LogP contribution is -2.14. The summed E-state index contributed by atoms with van der Waals surface area (Å²) in [6, 6.07) is 9.31. The van der Waals surface area contributed by atoms with Crippen LogP contribution in [-0.2, 0) is 11.2 Å². The highest BCUT2D eigenvalue weighted by Crippen LogP contribution is 2.40. The first-order chi connectivity index (χ1) is 12.2. The predicted octanol–water partition coefficient (Wildman–Crippen LogP) is 3.87. The van der Waals surface area contributed by atoms with E-state index in [1.165, 1.54) is 11.3 Å². The molecule has 25 heavy (non-hydrogen) atoms. The van der Waals surface area contributed by atoms with Gasteiger partial charge in [0.25, 0.3) is 5.89 Å². The van der Waals surface area contributed by atoms with Gasteiger partial charge in [-0.3, -0.25) is 4.79 Å². The Morgan fingerprint density at radius 2 is 2.12 bits per heavy atom. The molecule has 2 aromatic heterocycles. The van der Waals surface area contributed by atoms with E-state index in [4.69, 9.17) is 9.26 Å². The molecule has 1 amide bonds. The van der Waals surface area contributed by atoms with Crippen LogP contribution in [0.5, 0.6) is 5.75 Å². The molecule has 1 saturated carbocycles. The minimum absolute atomic E-state index is 0.0910. The van der Waals surface area contributed by atoms with Gasteiger partial charge in [0.15, 0.2) is 5.82 Å². The highest BCUT2D eigenvalue weighted by molar-refractivity contribution is 7.14. The van der Waals surface area contributed by atoms with Crippen LogP contribution >= 0.6 is 11.3 Å². The van der Waals surface area contributed by atoms with Crippen molar-refractivity contribution >= 4 is 22.9 Å². The standard InChI is InChI=1S/C18H17N3O3S/c1-23-13-6-2-11(3-7-13)10-15(22)19-14-8-9-25-16(14)18-20-17(21-24-18)12-4-5-12/h2-3,6-9,12H,4-5,10H2,1H3,(H,19,22). The number of ether oxygens (including phenoxy) is 1. The van der Waals surface area contributed by atoms with Crippen molar-refractivity contribution in [3.05, 3.63) is 47.1 Å². The van der Waals surface area contributed by atoms with Crippen molar-refractivity contribution in [1.29, 1.82) is 0 Å². The fourth-order valence-corrected chi connectivity index (χ4v) is 3.30. The number of methoxy groups -OCH3 is 1. The molecule has 0 bridgehead atoms. The third-order valence-electron chi connectivity index (χ3n) is 4.04. The summed E-state index contributed by atoms with van der Waals surface area (Å²) in [6.07, 6.45) is 2.53. The number of carbonyl (C=O) groups is 1. The summed E-state index contributed by atoms with van der Waals surface area (Å²) in [4.78, 5) is 17.6. The third kappa shape index (κ3) is 3.56. The maximum Gasteiger partial charge on any atom is 0.270 e. The first-order valence-electron chi connectivity index (χ1n) is 8.07. The van der Waals surface area contributed by atoms with Crippen molar-refractivity contribution in [1.82, 2.24) is 10.1 Å². The molecular formula is C18H17N3O3S. The van der Waals surface area contributed by atoms with E-state index in [0.29, 0.717) is 17.5 Å². The number of amides is 1. The molecule has 0 aliphatic heterocycles. The zero-order valence-corrected chi connectivity index (χ0v) is 14.5. The van der Waals surface area contributed by atoms with E-state index in [0.717, 1.165) is 34.9 Å². The number of hydrogen-bond donors (Lipinski definition) is 1. The van der Waals surface area contributed by atoms with Gasteiger partial charge >= 0.3 is 0 Å². The molecule has 0 radical (unpaired) electrons. The van der Waals surface area contributed by atoms with Gasteiger partial charge in [-0.1, -0.05) is 17.3 Å². The summed E-state index contributed by atoms with van der Waals surface area (Å²) >= 11 is 1.47. The van der Waals surface area contributed by atoms with Crippen LogP contribution < -0.4 is 10.1 Å². The number of hydrogen-bond acceptors (Lipinski definition) is 6. The molecule has 0 atom stereocenters. The minimum Gasteiger partial charge on any atom is -0.497 e. The number of nitrogens with one attached hydrogen (secondary N) is 1. The lowest BCUT2D eigenvalue weighted by atomic mass is 10.1. The molecular weight excluding hydrogens is 338 g/mol. The fourth-order valence-electron chi connectivity index (χ4n) is 2.53. The van der Waals surface area contributed by atoms with Gasteiger partial charge in [0.1, 0.15) is 10.6 Å². The van der Waals surface area contributed by atoms with Crippen LogP contribution in [0.4, 0.5) is 5.69 Å². The van der Waals surface area contributed by atoms with Crippen LogP contribution in [0.1, 0.15) is 30.1 Å². The van der Waals surface area contributed by atoms with E-state index in [1.54, 1.807) is 7.11 Å². The number of nitrogens with zero attached hydrogens (tertiary/aromatic N) is 2. The number of thiophene rings is 1. The van der Waals surface area contributed by atoms with E-state index in [9.17, 15) is 4.79 Å². The van der Waals surface area contributed by atoms with E-state index < -0.39 is 0 Å². The van der Waals surface area contributed by atoms with Gasteiger partial charge in [-0.2, -0.15) is 4.98 Å². The Kier molecular flexibility index (Phi) is 4.23. The van der Waals surface area contributed by atoms with Gasteiger partial charge in [0.2, 0.25) is 5.91 Å². The Morgan fingerprint density at radius 3 is 2.84 bits per heavy atom. The van der Waals surface area contributed by atoms with E-state index >= 15 is 0 Å². The van der Waals surface area contributed by atoms with Crippen LogP contribution in [0.25, 0.3) is 10.8 Å². The molecule has 1 N–H and O–H groups in total. The second-order valence-electron chi connectivity index (χ2n) is 5.97. The van der Waals surface area contributed by atoms with Crippen LogP contribution in [0.3, 0.4) is 0 Å². The molecule has 2 heterocycles. The molecule has 1 aromatic carbocycles. The molecule has 6 nitrogen and oxygen atoms in total. The Balaban J connectivity index is 1.45. The minimum atomic E-state index is -0.0910. The second-order valence-corrected chi connectivity index (χ2v) is 6.88. The van der Waals surface area contributed by atoms with E-state index in [1.807, 2.05) is 35.7 Å². The highest BCUT2D eigenvalue weighted by Gasteiger charge is 2.29. The lowest BCUT2D eigenvalue weighted by molar-refractivity contribution is -0.115. The predicted molar refractivity (Wildman–Crippen MR) is 94.9 cm³/mol. The largest absolute Gasteiger partial charge is 0.497 e. The monoisotopic (exact) mass is 355 g/mol. The zero-order valence-electron chi connectivity index (χ0n) is 13.7. The van der Waals surface area contributed by atoms with Crippen LogP contribution in [0.15, 0.2) is 40.2 Å². The second kappa shape index (κ2) is 6.68. The van der Waals surface area contributed by atoms with Gasteiger partial charge in [-0.25, -0.2) is 0 Å². The molecule has 1 fully saturated rings. The molecule has 0 spiro atoms. The van der Waals surface area contributed by atoms with Gasteiger partial charge in [-0.05, 0) is 42.0 Å². The quantitative estimate of drug-likeness (QED) is 0.726. The normalized spacial score (nSPS) is 13.6. The van der Waals surface area contributed by atoms with Crippen molar-refractivity contribution in [3.63, 3.8) is 0 Å². The Hall–Kier alpha value is -2.67. The van der Waals surface area contributed by atoms with Crippen molar-refractivity contribution in [3.8, 4) is 16.5 Å². The van der Waals surface area contributed by atoms with Crippen LogP contribution in [0, 0.1) is 0 Å². The molecule has 0 unspecified atom stereocenters. The summed E-state index contributed by atoms with van der Waals surface area (Å²) < 4.78 is 10.5. The summed E-state index contributed by atoms with van der Waals surface area (Å²) in [5, 5.41) is 8.87. The van der Waals surface area contributed by atoms with Crippen LogP contribution in [-0.4, -0.2) is 23.2 Å². The lowest BCUT2D eigenvalue weighted by Gasteiger charge is -2.06. The van der Waals surface area contributed by atoms with Gasteiger partial charge in [0, 0.05) is 5.92 Å². The molecule has 3 aromatic rings. The smallest absolute Gasteiger partial charge is 0.270 e. The van der Waals surface area contributed by atoms with Crippen molar-refractivity contribution in [2.75, 3.05) is 12.4 Å². The van der Waals surface area contributed by atoms with E-state index in [2.05, 4.69) is 15.5 Å². The highest BCUT2D eigenvalue weighted by atomic mass is 32.1. The maximum atomic E-state index is 12.3. The number of benzene rings is 1. The number of carbonyl (C=O) groups excluding carboxylic acids is 1. The summed E-state index contributed by atoms with van der Waals surface area (Å²) in [5.41, 5.74) is 1.62. The first-order valence-corrected chi connectivity index (χ1v) is 8.95. The average molecular weight is 355 g/mol. The van der Waals surface area contributed by atoms with E-state index in [-0.39, 0.29) is 12.3 Å². The van der Waals surface area contributed by atoms with Gasteiger partial charge in [0.05, 0.1) is 19.2 Å². The number of anilines is 1. The molecule has 7 heteroatoms. The van der Waals surface area contributed by atoms with Gasteiger partial charge in [-0.15, -0.1) is 11.3 Å². The van der Waals surface area contributed by atoms with Crippen molar-refractivity contribution in [2.24, 2.45) is 0 Å².